The molecule has 122 valence electrons. The molecule has 0 saturated carbocycles. The number of likely N-dealkylation sites (N-methyl/N-ethyl adjacent to an activating group) is 1. The highest BCUT2D eigenvalue weighted by molar-refractivity contribution is 5.77. The number of halogens is 1. The van der Waals surface area contributed by atoms with Gasteiger partial charge in [0.15, 0.2) is 0 Å². The van der Waals surface area contributed by atoms with E-state index in [0.717, 1.165) is 37.9 Å². The van der Waals surface area contributed by atoms with Crippen LogP contribution in [0.2, 0.25) is 0 Å². The SMILES string of the molecule is CCC(NC1CCN(CC(=O)NC)CC1)c1cccc(F)c1. The van der Waals surface area contributed by atoms with Gasteiger partial charge in [0.1, 0.15) is 5.82 Å². The summed E-state index contributed by atoms with van der Waals surface area (Å²) in [4.78, 5) is 13.6. The molecular weight excluding hydrogens is 281 g/mol. The Morgan fingerprint density at radius 3 is 2.73 bits per heavy atom. The van der Waals surface area contributed by atoms with Gasteiger partial charge < -0.3 is 10.6 Å². The minimum absolute atomic E-state index is 0.0672. The van der Waals surface area contributed by atoms with Gasteiger partial charge in [-0.25, -0.2) is 4.39 Å². The summed E-state index contributed by atoms with van der Waals surface area (Å²) in [6.45, 7) is 4.43. The molecule has 1 aliphatic rings. The van der Waals surface area contributed by atoms with Gasteiger partial charge in [-0.3, -0.25) is 9.69 Å². The Bertz CT molecular complexity index is 487. The molecule has 1 saturated heterocycles. The van der Waals surface area contributed by atoms with E-state index in [9.17, 15) is 9.18 Å². The first kappa shape index (κ1) is 16.9. The number of carbonyl (C=O) groups excluding carboxylic acids is 1. The summed E-state index contributed by atoms with van der Waals surface area (Å²) in [7, 11) is 1.67. The Morgan fingerprint density at radius 1 is 1.41 bits per heavy atom. The fraction of sp³-hybridized carbons (Fsp3) is 0.588. The first-order chi connectivity index (χ1) is 10.6. The lowest BCUT2D eigenvalue weighted by atomic mass is 9.99. The summed E-state index contributed by atoms with van der Waals surface area (Å²) in [5, 5.41) is 6.30. The van der Waals surface area contributed by atoms with E-state index in [2.05, 4.69) is 22.5 Å². The maximum Gasteiger partial charge on any atom is 0.233 e. The predicted molar refractivity (Wildman–Crippen MR) is 86.1 cm³/mol. The average molecular weight is 307 g/mol. The summed E-state index contributed by atoms with van der Waals surface area (Å²) in [5.41, 5.74) is 1.01. The van der Waals surface area contributed by atoms with Crippen LogP contribution in [0, 0.1) is 5.82 Å². The van der Waals surface area contributed by atoms with Crippen LogP contribution in [-0.4, -0.2) is 43.5 Å². The Hall–Kier alpha value is -1.46. The van der Waals surface area contributed by atoms with E-state index < -0.39 is 0 Å². The van der Waals surface area contributed by atoms with E-state index in [1.54, 1.807) is 19.2 Å². The lowest BCUT2D eigenvalue weighted by Gasteiger charge is -2.34. The molecule has 0 aliphatic carbocycles. The van der Waals surface area contributed by atoms with Crippen LogP contribution < -0.4 is 10.6 Å². The van der Waals surface area contributed by atoms with Crippen molar-refractivity contribution in [3.8, 4) is 0 Å². The molecule has 1 aliphatic heterocycles. The second kappa shape index (κ2) is 8.25. The van der Waals surface area contributed by atoms with E-state index in [1.165, 1.54) is 6.07 Å². The molecule has 1 heterocycles. The Labute approximate surface area is 132 Å². The van der Waals surface area contributed by atoms with Crippen LogP contribution in [0.25, 0.3) is 0 Å². The van der Waals surface area contributed by atoms with Crippen LogP contribution in [0.1, 0.15) is 37.8 Å². The highest BCUT2D eigenvalue weighted by Gasteiger charge is 2.22. The number of nitrogens with one attached hydrogen (secondary N) is 2. The van der Waals surface area contributed by atoms with Gasteiger partial charge in [-0.05, 0) is 37.0 Å². The van der Waals surface area contributed by atoms with E-state index in [-0.39, 0.29) is 17.8 Å². The number of benzene rings is 1. The van der Waals surface area contributed by atoms with E-state index >= 15 is 0 Å². The van der Waals surface area contributed by atoms with Crippen LogP contribution in [0.3, 0.4) is 0 Å². The number of nitrogens with zero attached hydrogens (tertiary/aromatic N) is 1. The molecule has 5 heteroatoms. The number of likely N-dealkylation sites (tertiary alicyclic amines) is 1. The van der Waals surface area contributed by atoms with E-state index in [0.29, 0.717) is 12.6 Å². The van der Waals surface area contributed by atoms with Crippen molar-refractivity contribution in [1.29, 1.82) is 0 Å². The first-order valence-corrected chi connectivity index (χ1v) is 8.06. The lowest BCUT2D eigenvalue weighted by molar-refractivity contribution is -0.122. The number of rotatable bonds is 6. The van der Waals surface area contributed by atoms with Gasteiger partial charge in [-0.1, -0.05) is 19.1 Å². The molecular formula is C17H26FN3O. The number of amides is 1. The third kappa shape index (κ3) is 4.78. The molecule has 22 heavy (non-hydrogen) atoms. The molecule has 1 amide bonds. The van der Waals surface area contributed by atoms with E-state index in [1.807, 2.05) is 6.07 Å². The van der Waals surface area contributed by atoms with Gasteiger partial charge in [-0.15, -0.1) is 0 Å². The smallest absolute Gasteiger partial charge is 0.233 e. The molecule has 1 aromatic carbocycles. The number of hydrogen-bond acceptors (Lipinski definition) is 3. The molecule has 1 aromatic rings. The van der Waals surface area contributed by atoms with Gasteiger partial charge in [0.05, 0.1) is 6.54 Å². The quantitative estimate of drug-likeness (QED) is 0.846. The normalized spacial score (nSPS) is 18.1. The van der Waals surface area contributed by atoms with Crippen molar-refractivity contribution in [2.24, 2.45) is 0 Å². The fourth-order valence-electron chi connectivity index (χ4n) is 3.00. The molecule has 0 spiro atoms. The minimum Gasteiger partial charge on any atom is -0.358 e. The van der Waals surface area contributed by atoms with Gasteiger partial charge in [0, 0.05) is 32.2 Å². The largest absolute Gasteiger partial charge is 0.358 e. The molecule has 0 bridgehead atoms. The summed E-state index contributed by atoms with van der Waals surface area (Å²) < 4.78 is 13.4. The summed E-state index contributed by atoms with van der Waals surface area (Å²) in [5.74, 6) is -0.115. The summed E-state index contributed by atoms with van der Waals surface area (Å²) in [6, 6.07) is 7.45. The topological polar surface area (TPSA) is 44.4 Å². The lowest BCUT2D eigenvalue weighted by Crippen LogP contribution is -2.46. The maximum atomic E-state index is 13.4. The highest BCUT2D eigenvalue weighted by Crippen LogP contribution is 2.21. The number of hydrogen-bond donors (Lipinski definition) is 2. The van der Waals surface area contributed by atoms with Gasteiger partial charge in [0.2, 0.25) is 5.91 Å². The summed E-state index contributed by atoms with van der Waals surface area (Å²) in [6.07, 6.45) is 2.97. The second-order valence-corrected chi connectivity index (χ2v) is 5.91. The molecule has 0 radical (unpaired) electrons. The molecule has 4 nitrogen and oxygen atoms in total. The second-order valence-electron chi connectivity index (χ2n) is 5.91. The van der Waals surface area contributed by atoms with Crippen LogP contribution in [0.5, 0.6) is 0 Å². The van der Waals surface area contributed by atoms with Crippen LogP contribution in [0.15, 0.2) is 24.3 Å². The van der Waals surface area contributed by atoms with E-state index in [4.69, 9.17) is 0 Å². The zero-order chi connectivity index (χ0) is 15.9. The molecule has 1 atom stereocenters. The maximum absolute atomic E-state index is 13.4. The van der Waals surface area contributed by atoms with Crippen LogP contribution in [-0.2, 0) is 4.79 Å². The van der Waals surface area contributed by atoms with Crippen molar-refractivity contribution in [1.82, 2.24) is 15.5 Å². The fourth-order valence-corrected chi connectivity index (χ4v) is 3.00. The van der Waals surface area contributed by atoms with Crippen molar-refractivity contribution in [2.45, 2.75) is 38.3 Å². The third-order valence-electron chi connectivity index (χ3n) is 4.33. The molecule has 1 fully saturated rings. The summed E-state index contributed by atoms with van der Waals surface area (Å²) >= 11 is 0. The van der Waals surface area contributed by atoms with Gasteiger partial charge in [-0.2, -0.15) is 0 Å². The van der Waals surface area contributed by atoms with Crippen molar-refractivity contribution in [3.63, 3.8) is 0 Å². The van der Waals surface area contributed by atoms with Crippen LogP contribution >= 0.6 is 0 Å². The van der Waals surface area contributed by atoms with Crippen molar-refractivity contribution < 1.29 is 9.18 Å². The number of piperidine rings is 1. The zero-order valence-electron chi connectivity index (χ0n) is 13.4. The predicted octanol–water partition coefficient (Wildman–Crippen LogP) is 2.08. The van der Waals surface area contributed by atoms with Crippen molar-refractivity contribution in [2.75, 3.05) is 26.7 Å². The minimum atomic E-state index is -0.182. The Morgan fingerprint density at radius 2 is 2.14 bits per heavy atom. The third-order valence-corrected chi connectivity index (χ3v) is 4.33. The highest BCUT2D eigenvalue weighted by atomic mass is 19.1. The standard InChI is InChI=1S/C17H26FN3O/c1-3-16(13-5-4-6-14(18)11-13)20-15-7-9-21(10-8-15)12-17(22)19-2/h4-6,11,15-16,20H,3,7-10,12H2,1-2H3,(H,19,22). The molecule has 2 N–H and O–H groups in total. The average Bonchev–Trinajstić information content (AvgIpc) is 2.54. The first-order valence-electron chi connectivity index (χ1n) is 8.06. The van der Waals surface area contributed by atoms with Gasteiger partial charge >= 0.3 is 0 Å². The van der Waals surface area contributed by atoms with Crippen molar-refractivity contribution in [3.05, 3.63) is 35.6 Å². The molecule has 2 rings (SSSR count). The molecule has 1 unspecified atom stereocenters. The Kier molecular flexibility index (Phi) is 6.34. The van der Waals surface area contributed by atoms with Crippen LogP contribution in [0.4, 0.5) is 4.39 Å². The molecule has 0 aromatic heterocycles. The zero-order valence-corrected chi connectivity index (χ0v) is 13.4. The van der Waals surface area contributed by atoms with Gasteiger partial charge in [0.25, 0.3) is 0 Å². The Balaban J connectivity index is 1.85. The number of carbonyl (C=O) groups is 1. The van der Waals surface area contributed by atoms with Crippen molar-refractivity contribution >= 4 is 5.91 Å². The monoisotopic (exact) mass is 307 g/mol.